The maximum absolute atomic E-state index is 4.86. The van der Waals surface area contributed by atoms with E-state index in [1.165, 1.54) is 0 Å². The Balaban J connectivity index is 2.54. The SMILES string of the molecule is CN1CCN(C(C)(C)C)c2nc(C(C)(C)C)ncc21. The number of aromatic nitrogens is 2. The summed E-state index contributed by atoms with van der Waals surface area (Å²) in [5, 5.41) is 0. The molecular formula is C15H26N4. The van der Waals surface area contributed by atoms with Gasteiger partial charge < -0.3 is 9.80 Å². The summed E-state index contributed by atoms with van der Waals surface area (Å²) in [7, 11) is 2.11. The Hall–Kier alpha value is -1.32. The number of fused-ring (bicyclic) bond motifs is 1. The summed E-state index contributed by atoms with van der Waals surface area (Å²) in [6, 6.07) is 0. The summed E-state index contributed by atoms with van der Waals surface area (Å²) in [6.07, 6.45) is 1.97. The number of nitrogens with zero attached hydrogens (tertiary/aromatic N) is 4. The molecule has 0 radical (unpaired) electrons. The van der Waals surface area contributed by atoms with Crippen LogP contribution in [0, 0.1) is 0 Å². The molecule has 2 heterocycles. The van der Waals surface area contributed by atoms with E-state index < -0.39 is 0 Å². The van der Waals surface area contributed by atoms with Crippen LogP contribution >= 0.6 is 0 Å². The lowest BCUT2D eigenvalue weighted by Gasteiger charge is -2.43. The van der Waals surface area contributed by atoms with E-state index in [1.54, 1.807) is 0 Å². The van der Waals surface area contributed by atoms with Crippen molar-refractivity contribution in [3.63, 3.8) is 0 Å². The summed E-state index contributed by atoms with van der Waals surface area (Å²) in [5.74, 6) is 1.98. The highest BCUT2D eigenvalue weighted by Crippen LogP contribution is 2.35. The monoisotopic (exact) mass is 262 g/mol. The van der Waals surface area contributed by atoms with Crippen LogP contribution in [-0.4, -0.2) is 35.6 Å². The van der Waals surface area contributed by atoms with Gasteiger partial charge in [-0.3, -0.25) is 0 Å². The maximum atomic E-state index is 4.86. The van der Waals surface area contributed by atoms with Crippen LogP contribution in [0.2, 0.25) is 0 Å². The summed E-state index contributed by atoms with van der Waals surface area (Å²) in [4.78, 5) is 14.0. The summed E-state index contributed by atoms with van der Waals surface area (Å²) in [6.45, 7) is 15.2. The smallest absolute Gasteiger partial charge is 0.156 e. The van der Waals surface area contributed by atoms with Crippen LogP contribution < -0.4 is 9.80 Å². The molecule has 106 valence electrons. The molecule has 0 saturated carbocycles. The molecule has 0 aromatic carbocycles. The minimum absolute atomic E-state index is 0.0192. The molecule has 0 fully saturated rings. The lowest BCUT2D eigenvalue weighted by molar-refractivity contribution is 0.482. The van der Waals surface area contributed by atoms with Gasteiger partial charge in [0.25, 0.3) is 0 Å². The van der Waals surface area contributed by atoms with Crippen LogP contribution in [0.25, 0.3) is 0 Å². The van der Waals surface area contributed by atoms with Gasteiger partial charge in [-0.25, -0.2) is 9.97 Å². The zero-order valence-corrected chi connectivity index (χ0v) is 13.3. The Kier molecular flexibility index (Phi) is 3.23. The fraction of sp³-hybridized carbons (Fsp3) is 0.733. The van der Waals surface area contributed by atoms with Gasteiger partial charge in [-0.1, -0.05) is 20.8 Å². The lowest BCUT2D eigenvalue weighted by atomic mass is 9.95. The van der Waals surface area contributed by atoms with Crippen molar-refractivity contribution in [2.75, 3.05) is 29.9 Å². The van der Waals surface area contributed by atoms with Crippen LogP contribution in [-0.2, 0) is 5.41 Å². The Morgan fingerprint density at radius 1 is 1.05 bits per heavy atom. The molecular weight excluding hydrogens is 236 g/mol. The van der Waals surface area contributed by atoms with Gasteiger partial charge in [0, 0.05) is 31.1 Å². The standard InChI is InChI=1S/C15H26N4/c1-14(2,3)13-16-10-11-12(17-13)19(15(4,5)6)9-8-18(11)7/h10H,8-9H2,1-7H3. The van der Waals surface area contributed by atoms with Crippen LogP contribution in [0.15, 0.2) is 6.20 Å². The van der Waals surface area contributed by atoms with Crippen molar-refractivity contribution < 1.29 is 0 Å². The van der Waals surface area contributed by atoms with Crippen molar-refractivity contribution >= 4 is 11.5 Å². The van der Waals surface area contributed by atoms with E-state index in [-0.39, 0.29) is 11.0 Å². The minimum atomic E-state index is -0.0192. The topological polar surface area (TPSA) is 32.3 Å². The zero-order valence-electron chi connectivity index (χ0n) is 13.3. The van der Waals surface area contributed by atoms with E-state index in [1.807, 2.05) is 6.20 Å². The van der Waals surface area contributed by atoms with Crippen molar-refractivity contribution in [2.24, 2.45) is 0 Å². The molecule has 4 nitrogen and oxygen atoms in total. The number of anilines is 2. The van der Waals surface area contributed by atoms with Crippen LogP contribution in [0.1, 0.15) is 47.4 Å². The molecule has 4 heteroatoms. The van der Waals surface area contributed by atoms with E-state index in [0.717, 1.165) is 30.4 Å². The molecule has 0 atom stereocenters. The van der Waals surface area contributed by atoms with E-state index in [2.05, 4.69) is 63.4 Å². The van der Waals surface area contributed by atoms with Gasteiger partial charge in [-0.15, -0.1) is 0 Å². The second-order valence-electron chi connectivity index (χ2n) is 7.40. The van der Waals surface area contributed by atoms with E-state index in [4.69, 9.17) is 4.98 Å². The van der Waals surface area contributed by atoms with Crippen LogP contribution in [0.4, 0.5) is 11.5 Å². The van der Waals surface area contributed by atoms with Gasteiger partial charge in [0.05, 0.1) is 11.9 Å². The minimum Gasteiger partial charge on any atom is -0.369 e. The quantitative estimate of drug-likeness (QED) is 0.719. The molecule has 0 N–H and O–H groups in total. The second-order valence-corrected chi connectivity index (χ2v) is 7.40. The van der Waals surface area contributed by atoms with E-state index in [0.29, 0.717) is 0 Å². The summed E-state index contributed by atoms with van der Waals surface area (Å²) < 4.78 is 0. The van der Waals surface area contributed by atoms with Crippen molar-refractivity contribution in [2.45, 2.75) is 52.5 Å². The number of likely N-dealkylation sites (N-methyl/N-ethyl adjacent to an activating group) is 1. The summed E-state index contributed by atoms with van der Waals surface area (Å²) >= 11 is 0. The maximum Gasteiger partial charge on any atom is 0.156 e. The molecule has 2 rings (SSSR count). The molecule has 1 aromatic rings. The largest absolute Gasteiger partial charge is 0.369 e. The Morgan fingerprint density at radius 2 is 1.68 bits per heavy atom. The molecule has 19 heavy (non-hydrogen) atoms. The van der Waals surface area contributed by atoms with E-state index >= 15 is 0 Å². The fourth-order valence-corrected chi connectivity index (χ4v) is 2.33. The Labute approximate surface area is 116 Å². The first-order valence-corrected chi connectivity index (χ1v) is 6.97. The van der Waals surface area contributed by atoms with Gasteiger partial charge in [0.2, 0.25) is 0 Å². The second kappa shape index (κ2) is 4.36. The number of hydrogen-bond donors (Lipinski definition) is 0. The highest BCUT2D eigenvalue weighted by atomic mass is 15.3. The van der Waals surface area contributed by atoms with Crippen molar-refractivity contribution in [3.8, 4) is 0 Å². The van der Waals surface area contributed by atoms with Crippen LogP contribution in [0.3, 0.4) is 0 Å². The number of rotatable bonds is 0. The van der Waals surface area contributed by atoms with Crippen molar-refractivity contribution in [1.82, 2.24) is 9.97 Å². The zero-order chi connectivity index (χ0) is 14.4. The third-order valence-electron chi connectivity index (χ3n) is 3.56. The van der Waals surface area contributed by atoms with Crippen molar-refractivity contribution in [1.29, 1.82) is 0 Å². The Bertz CT molecular complexity index is 468. The molecule has 0 spiro atoms. The highest BCUT2D eigenvalue weighted by molar-refractivity contribution is 5.69. The normalized spacial score (nSPS) is 16.6. The van der Waals surface area contributed by atoms with Gasteiger partial charge in [0.1, 0.15) is 5.82 Å². The predicted molar refractivity (Wildman–Crippen MR) is 81.1 cm³/mol. The fourth-order valence-electron chi connectivity index (χ4n) is 2.33. The molecule has 1 aliphatic heterocycles. The van der Waals surface area contributed by atoms with E-state index in [9.17, 15) is 0 Å². The van der Waals surface area contributed by atoms with Gasteiger partial charge in [-0.05, 0) is 20.8 Å². The first kappa shape index (κ1) is 14.1. The molecule has 0 amide bonds. The molecule has 0 bridgehead atoms. The molecule has 1 aromatic heterocycles. The Morgan fingerprint density at radius 3 is 2.21 bits per heavy atom. The average Bonchev–Trinajstić information content (AvgIpc) is 2.26. The van der Waals surface area contributed by atoms with Crippen molar-refractivity contribution in [3.05, 3.63) is 12.0 Å². The molecule has 0 saturated heterocycles. The lowest BCUT2D eigenvalue weighted by Crippen LogP contribution is -2.49. The van der Waals surface area contributed by atoms with Crippen LogP contribution in [0.5, 0.6) is 0 Å². The summed E-state index contributed by atoms with van der Waals surface area (Å²) in [5.41, 5.74) is 1.20. The first-order chi connectivity index (χ1) is 8.60. The molecule has 0 unspecified atom stereocenters. The number of hydrogen-bond acceptors (Lipinski definition) is 4. The first-order valence-electron chi connectivity index (χ1n) is 6.97. The van der Waals surface area contributed by atoms with Gasteiger partial charge in [-0.2, -0.15) is 0 Å². The molecule has 1 aliphatic rings. The van der Waals surface area contributed by atoms with Gasteiger partial charge in [0.15, 0.2) is 5.82 Å². The average molecular weight is 262 g/mol. The third kappa shape index (κ3) is 2.67. The highest BCUT2D eigenvalue weighted by Gasteiger charge is 2.31. The third-order valence-corrected chi connectivity index (χ3v) is 3.56. The van der Waals surface area contributed by atoms with Gasteiger partial charge >= 0.3 is 0 Å². The molecule has 0 aliphatic carbocycles. The predicted octanol–water partition coefficient (Wildman–Crippen LogP) is 2.83.